The zero-order valence-corrected chi connectivity index (χ0v) is 14.9. The summed E-state index contributed by atoms with van der Waals surface area (Å²) >= 11 is 0. The summed E-state index contributed by atoms with van der Waals surface area (Å²) in [6.45, 7) is 0.421. The van der Waals surface area contributed by atoms with Gasteiger partial charge in [0, 0.05) is 12.7 Å². The number of hydrogen-bond donors (Lipinski definition) is 2. The Hall–Kier alpha value is -1.64. The maximum atomic E-state index is 5.99. The predicted octanol–water partition coefficient (Wildman–Crippen LogP) is 2.24. The van der Waals surface area contributed by atoms with Crippen molar-refractivity contribution in [3.8, 4) is 0 Å². The number of anilines is 1. The SMILES string of the molecule is Cn1cnnc1CN=C(N)Nc1cccc2c1CCCC2.I. The first-order valence-corrected chi connectivity index (χ1v) is 7.24. The molecule has 0 saturated heterocycles. The van der Waals surface area contributed by atoms with Gasteiger partial charge in [-0.05, 0) is 42.9 Å². The minimum Gasteiger partial charge on any atom is -0.370 e. The smallest absolute Gasteiger partial charge is 0.193 e. The van der Waals surface area contributed by atoms with Gasteiger partial charge < -0.3 is 15.6 Å². The highest BCUT2D eigenvalue weighted by Crippen LogP contribution is 2.27. The van der Waals surface area contributed by atoms with Crippen LogP contribution < -0.4 is 11.1 Å². The largest absolute Gasteiger partial charge is 0.370 e. The van der Waals surface area contributed by atoms with Gasteiger partial charge in [-0.1, -0.05) is 12.1 Å². The van der Waals surface area contributed by atoms with Crippen LogP contribution in [0.15, 0.2) is 29.5 Å². The van der Waals surface area contributed by atoms with Crippen molar-refractivity contribution in [1.29, 1.82) is 0 Å². The van der Waals surface area contributed by atoms with Gasteiger partial charge in [0.05, 0.1) is 0 Å². The zero-order chi connectivity index (χ0) is 14.7. The first-order valence-electron chi connectivity index (χ1n) is 7.24. The molecule has 0 saturated carbocycles. The highest BCUT2D eigenvalue weighted by atomic mass is 127. The van der Waals surface area contributed by atoms with Gasteiger partial charge in [-0.2, -0.15) is 0 Å². The van der Waals surface area contributed by atoms with Crippen molar-refractivity contribution in [3.63, 3.8) is 0 Å². The predicted molar refractivity (Wildman–Crippen MR) is 98.5 cm³/mol. The van der Waals surface area contributed by atoms with Crippen LogP contribution in [0.25, 0.3) is 0 Å². The van der Waals surface area contributed by atoms with E-state index >= 15 is 0 Å². The fourth-order valence-corrected chi connectivity index (χ4v) is 2.68. The number of nitrogens with zero attached hydrogens (tertiary/aromatic N) is 4. The Morgan fingerprint density at radius 3 is 2.95 bits per heavy atom. The lowest BCUT2D eigenvalue weighted by atomic mass is 9.90. The van der Waals surface area contributed by atoms with Crippen molar-refractivity contribution < 1.29 is 0 Å². The number of rotatable bonds is 3. The molecule has 0 radical (unpaired) electrons. The van der Waals surface area contributed by atoms with E-state index in [0.29, 0.717) is 12.5 Å². The lowest BCUT2D eigenvalue weighted by Crippen LogP contribution is -2.24. The van der Waals surface area contributed by atoms with Crippen molar-refractivity contribution >= 4 is 35.6 Å². The van der Waals surface area contributed by atoms with Crippen molar-refractivity contribution in [3.05, 3.63) is 41.5 Å². The number of aromatic nitrogens is 3. The molecule has 0 atom stereocenters. The van der Waals surface area contributed by atoms with E-state index < -0.39 is 0 Å². The molecule has 6 nitrogen and oxygen atoms in total. The molecule has 0 fully saturated rings. The van der Waals surface area contributed by atoms with Crippen LogP contribution >= 0.6 is 24.0 Å². The molecule has 0 spiro atoms. The summed E-state index contributed by atoms with van der Waals surface area (Å²) in [7, 11) is 1.89. The maximum absolute atomic E-state index is 5.99. The fourth-order valence-electron chi connectivity index (χ4n) is 2.68. The Balaban J connectivity index is 0.00000176. The average molecular weight is 412 g/mol. The van der Waals surface area contributed by atoms with E-state index in [1.165, 1.54) is 24.0 Å². The van der Waals surface area contributed by atoms with E-state index in [1.54, 1.807) is 6.33 Å². The van der Waals surface area contributed by atoms with E-state index in [1.807, 2.05) is 11.6 Å². The summed E-state index contributed by atoms with van der Waals surface area (Å²) in [6, 6.07) is 6.34. The zero-order valence-electron chi connectivity index (χ0n) is 12.6. The first kappa shape index (κ1) is 16.7. The number of guanidine groups is 1. The molecule has 1 aliphatic carbocycles. The summed E-state index contributed by atoms with van der Waals surface area (Å²) in [6.07, 6.45) is 6.42. The number of aryl methyl sites for hydroxylation is 2. The number of nitrogens with one attached hydrogen (secondary N) is 1. The Bertz CT molecular complexity index is 664. The molecule has 0 bridgehead atoms. The molecule has 118 valence electrons. The number of aliphatic imine (C=N–C) groups is 1. The Morgan fingerprint density at radius 1 is 1.36 bits per heavy atom. The van der Waals surface area contributed by atoms with Gasteiger partial charge in [-0.25, -0.2) is 4.99 Å². The van der Waals surface area contributed by atoms with E-state index in [9.17, 15) is 0 Å². The average Bonchev–Trinajstić information content (AvgIpc) is 2.91. The highest BCUT2D eigenvalue weighted by molar-refractivity contribution is 14.0. The van der Waals surface area contributed by atoms with Gasteiger partial charge in [0.2, 0.25) is 0 Å². The van der Waals surface area contributed by atoms with Crippen LogP contribution in [0.2, 0.25) is 0 Å². The highest BCUT2D eigenvalue weighted by Gasteiger charge is 2.13. The Labute approximate surface area is 147 Å². The van der Waals surface area contributed by atoms with Crippen molar-refractivity contribution in [2.45, 2.75) is 32.2 Å². The summed E-state index contributed by atoms with van der Waals surface area (Å²) in [5.74, 6) is 1.20. The molecule has 1 aromatic carbocycles. The summed E-state index contributed by atoms with van der Waals surface area (Å²) in [5, 5.41) is 11.0. The minimum absolute atomic E-state index is 0. The number of hydrogen-bond acceptors (Lipinski definition) is 3. The van der Waals surface area contributed by atoms with Crippen LogP contribution in [-0.4, -0.2) is 20.7 Å². The van der Waals surface area contributed by atoms with Crippen LogP contribution in [0.4, 0.5) is 5.69 Å². The summed E-state index contributed by atoms with van der Waals surface area (Å²) in [5.41, 5.74) is 9.86. The van der Waals surface area contributed by atoms with E-state index in [-0.39, 0.29) is 24.0 Å². The van der Waals surface area contributed by atoms with Crippen molar-refractivity contribution in [1.82, 2.24) is 14.8 Å². The molecule has 1 aliphatic rings. The van der Waals surface area contributed by atoms with E-state index in [4.69, 9.17) is 5.73 Å². The Kier molecular flexibility index (Phi) is 5.76. The molecule has 2 aromatic rings. The number of halogens is 1. The third-order valence-corrected chi connectivity index (χ3v) is 3.85. The molecular weight excluding hydrogens is 391 g/mol. The second-order valence-electron chi connectivity index (χ2n) is 5.33. The lowest BCUT2D eigenvalue weighted by Gasteiger charge is -2.19. The molecule has 7 heteroatoms. The van der Waals surface area contributed by atoms with Crippen LogP contribution in [0.5, 0.6) is 0 Å². The van der Waals surface area contributed by atoms with Gasteiger partial charge in [0.15, 0.2) is 11.8 Å². The van der Waals surface area contributed by atoms with Gasteiger partial charge in [-0.15, -0.1) is 34.2 Å². The van der Waals surface area contributed by atoms with Gasteiger partial charge in [-0.3, -0.25) is 0 Å². The molecule has 22 heavy (non-hydrogen) atoms. The van der Waals surface area contributed by atoms with E-state index in [0.717, 1.165) is 24.4 Å². The monoisotopic (exact) mass is 412 g/mol. The molecule has 0 aliphatic heterocycles. The standard InChI is InChI=1S/C15H20N6.HI/c1-21-10-18-20-14(21)9-17-15(16)19-13-8-4-6-11-5-2-3-7-12(11)13;/h4,6,8,10H,2-3,5,7,9H2,1H3,(H3,16,17,19);1H. The van der Waals surface area contributed by atoms with Gasteiger partial charge >= 0.3 is 0 Å². The van der Waals surface area contributed by atoms with Crippen molar-refractivity contribution in [2.24, 2.45) is 17.8 Å². The third kappa shape index (κ3) is 3.76. The molecule has 3 N–H and O–H groups in total. The molecule has 1 heterocycles. The van der Waals surface area contributed by atoms with Crippen LogP contribution in [0.1, 0.15) is 29.8 Å². The van der Waals surface area contributed by atoms with Crippen LogP contribution in [0, 0.1) is 0 Å². The van der Waals surface area contributed by atoms with Crippen LogP contribution in [-0.2, 0) is 26.4 Å². The first-order chi connectivity index (χ1) is 10.2. The third-order valence-electron chi connectivity index (χ3n) is 3.85. The van der Waals surface area contributed by atoms with E-state index in [2.05, 4.69) is 38.7 Å². The minimum atomic E-state index is 0. The summed E-state index contributed by atoms with van der Waals surface area (Å²) in [4.78, 5) is 4.33. The second kappa shape index (κ2) is 7.57. The van der Waals surface area contributed by atoms with Crippen molar-refractivity contribution in [2.75, 3.05) is 5.32 Å². The lowest BCUT2D eigenvalue weighted by molar-refractivity contribution is 0.687. The molecule has 0 amide bonds. The van der Waals surface area contributed by atoms with Gasteiger partial charge in [0.25, 0.3) is 0 Å². The molecule has 1 aromatic heterocycles. The molecule has 0 unspecified atom stereocenters. The number of nitrogens with two attached hydrogens (primary N) is 1. The second-order valence-corrected chi connectivity index (χ2v) is 5.33. The van der Waals surface area contributed by atoms with Gasteiger partial charge in [0.1, 0.15) is 12.9 Å². The quantitative estimate of drug-likeness (QED) is 0.461. The fraction of sp³-hybridized carbons (Fsp3) is 0.400. The molecule has 3 rings (SSSR count). The number of fused-ring (bicyclic) bond motifs is 1. The normalized spacial score (nSPS) is 14.1. The topological polar surface area (TPSA) is 81.1 Å². The number of benzene rings is 1. The van der Waals surface area contributed by atoms with Crippen LogP contribution in [0.3, 0.4) is 0 Å². The maximum Gasteiger partial charge on any atom is 0.193 e. The molecular formula is C15H21IN6. The summed E-state index contributed by atoms with van der Waals surface area (Å²) < 4.78 is 1.83. The Morgan fingerprint density at radius 2 is 2.18 bits per heavy atom.